The van der Waals surface area contributed by atoms with Crippen LogP contribution in [0.1, 0.15) is 50.7 Å². The van der Waals surface area contributed by atoms with Crippen molar-refractivity contribution in [2.75, 3.05) is 6.54 Å². The second kappa shape index (κ2) is 6.82. The van der Waals surface area contributed by atoms with Crippen molar-refractivity contribution < 1.29 is 0 Å². The Morgan fingerprint density at radius 2 is 2.26 bits per heavy atom. The van der Waals surface area contributed by atoms with Gasteiger partial charge in [-0.15, -0.1) is 0 Å². The topological polar surface area (TPSA) is 42.7 Å². The highest BCUT2D eigenvalue weighted by Crippen LogP contribution is 2.21. The summed E-state index contributed by atoms with van der Waals surface area (Å²) in [5.74, 6) is 1.05. The fourth-order valence-electron chi connectivity index (χ4n) is 2.13. The normalized spacial score (nSPS) is 13.1. The Hall–Kier alpha value is -1.20. The van der Waals surface area contributed by atoms with E-state index in [0.29, 0.717) is 12.1 Å². The van der Waals surface area contributed by atoms with Gasteiger partial charge < -0.3 is 5.32 Å². The lowest BCUT2D eigenvalue weighted by molar-refractivity contribution is 0.463. The molecule has 4 nitrogen and oxygen atoms in total. The summed E-state index contributed by atoms with van der Waals surface area (Å²) in [4.78, 5) is 4.41. The van der Waals surface area contributed by atoms with E-state index in [-0.39, 0.29) is 0 Å². The number of thiophene rings is 1. The molecule has 0 saturated heterocycles. The summed E-state index contributed by atoms with van der Waals surface area (Å²) in [7, 11) is 0. The van der Waals surface area contributed by atoms with E-state index in [0.717, 1.165) is 25.2 Å². The number of nitrogens with zero attached hydrogens (tertiary/aromatic N) is 3. The van der Waals surface area contributed by atoms with Crippen LogP contribution in [0.5, 0.6) is 0 Å². The second-order valence-electron chi connectivity index (χ2n) is 4.98. The number of rotatable bonds is 7. The molecule has 2 aromatic rings. The van der Waals surface area contributed by atoms with Gasteiger partial charge in [-0.2, -0.15) is 16.4 Å². The van der Waals surface area contributed by atoms with Gasteiger partial charge in [0.2, 0.25) is 0 Å². The van der Waals surface area contributed by atoms with Crippen molar-refractivity contribution in [3.05, 3.63) is 34.5 Å². The maximum atomic E-state index is 4.41. The van der Waals surface area contributed by atoms with Crippen LogP contribution in [0, 0.1) is 0 Å². The zero-order valence-electron chi connectivity index (χ0n) is 11.8. The van der Waals surface area contributed by atoms with Crippen LogP contribution in [0.15, 0.2) is 23.2 Å². The van der Waals surface area contributed by atoms with Crippen molar-refractivity contribution in [3.8, 4) is 0 Å². The van der Waals surface area contributed by atoms with Crippen molar-refractivity contribution in [2.24, 2.45) is 0 Å². The SMILES string of the molecule is CCCNC(Cc1ncnn1C(C)C)c1ccsc1. The molecule has 1 unspecified atom stereocenters. The van der Waals surface area contributed by atoms with Crippen LogP contribution in [0.2, 0.25) is 0 Å². The third-order valence-corrected chi connectivity index (χ3v) is 3.81. The maximum absolute atomic E-state index is 4.41. The minimum absolute atomic E-state index is 0.327. The molecule has 0 bridgehead atoms. The Kier molecular flexibility index (Phi) is 5.10. The van der Waals surface area contributed by atoms with Crippen LogP contribution >= 0.6 is 11.3 Å². The van der Waals surface area contributed by atoms with Gasteiger partial charge in [0.25, 0.3) is 0 Å². The molecular formula is C14H22N4S. The standard InChI is InChI=1S/C14H22N4S/c1-4-6-15-13(12-5-7-19-9-12)8-14-16-10-17-18(14)11(2)3/h5,7,9-11,13,15H,4,6,8H2,1-3H3. The quantitative estimate of drug-likeness (QED) is 0.845. The van der Waals surface area contributed by atoms with Gasteiger partial charge >= 0.3 is 0 Å². The minimum atomic E-state index is 0.327. The van der Waals surface area contributed by atoms with Gasteiger partial charge in [-0.3, -0.25) is 0 Å². The molecule has 0 spiro atoms. The Labute approximate surface area is 118 Å². The summed E-state index contributed by atoms with van der Waals surface area (Å²) in [5.41, 5.74) is 1.34. The minimum Gasteiger partial charge on any atom is -0.310 e. The molecule has 0 radical (unpaired) electrons. The highest BCUT2D eigenvalue weighted by Gasteiger charge is 2.16. The van der Waals surface area contributed by atoms with E-state index in [4.69, 9.17) is 0 Å². The van der Waals surface area contributed by atoms with E-state index < -0.39 is 0 Å². The van der Waals surface area contributed by atoms with Gasteiger partial charge in [-0.25, -0.2) is 9.67 Å². The van der Waals surface area contributed by atoms with Crippen molar-refractivity contribution in [1.29, 1.82) is 0 Å². The van der Waals surface area contributed by atoms with E-state index in [9.17, 15) is 0 Å². The summed E-state index contributed by atoms with van der Waals surface area (Å²) >= 11 is 1.74. The van der Waals surface area contributed by atoms with Crippen molar-refractivity contribution in [2.45, 2.75) is 45.7 Å². The van der Waals surface area contributed by atoms with E-state index in [1.54, 1.807) is 17.7 Å². The van der Waals surface area contributed by atoms with Crippen LogP contribution in [0.25, 0.3) is 0 Å². The summed E-state index contributed by atoms with van der Waals surface area (Å²) in [6.07, 6.45) is 3.67. The van der Waals surface area contributed by atoms with Gasteiger partial charge in [-0.1, -0.05) is 6.92 Å². The van der Waals surface area contributed by atoms with E-state index >= 15 is 0 Å². The fourth-order valence-corrected chi connectivity index (χ4v) is 2.85. The molecule has 2 heterocycles. The molecule has 2 aromatic heterocycles. The average Bonchev–Trinajstić information content (AvgIpc) is 3.04. The van der Waals surface area contributed by atoms with E-state index in [1.165, 1.54) is 5.56 Å². The number of nitrogens with one attached hydrogen (secondary N) is 1. The predicted octanol–water partition coefficient (Wildman–Crippen LogP) is 3.20. The first-order valence-electron chi connectivity index (χ1n) is 6.86. The molecule has 19 heavy (non-hydrogen) atoms. The van der Waals surface area contributed by atoms with Gasteiger partial charge in [0.15, 0.2) is 0 Å². The predicted molar refractivity (Wildman–Crippen MR) is 79.5 cm³/mol. The van der Waals surface area contributed by atoms with Gasteiger partial charge in [0, 0.05) is 18.5 Å². The van der Waals surface area contributed by atoms with E-state index in [1.807, 2.05) is 4.68 Å². The zero-order chi connectivity index (χ0) is 13.7. The molecule has 0 saturated carbocycles. The molecule has 0 aliphatic carbocycles. The summed E-state index contributed by atoms with van der Waals surface area (Å²) in [6, 6.07) is 2.87. The third kappa shape index (κ3) is 3.64. The molecule has 1 N–H and O–H groups in total. The summed E-state index contributed by atoms with van der Waals surface area (Å²) in [5, 5.41) is 12.3. The molecule has 1 atom stereocenters. The summed E-state index contributed by atoms with van der Waals surface area (Å²) in [6.45, 7) is 7.49. The van der Waals surface area contributed by atoms with Crippen LogP contribution in [0.4, 0.5) is 0 Å². The zero-order valence-corrected chi connectivity index (χ0v) is 12.7. The smallest absolute Gasteiger partial charge is 0.138 e. The first kappa shape index (κ1) is 14.2. The molecular weight excluding hydrogens is 256 g/mol. The van der Waals surface area contributed by atoms with E-state index in [2.05, 4.69) is 53.0 Å². The lowest BCUT2D eigenvalue weighted by atomic mass is 10.1. The highest BCUT2D eigenvalue weighted by atomic mass is 32.1. The van der Waals surface area contributed by atoms with Crippen LogP contribution in [0.3, 0.4) is 0 Å². The van der Waals surface area contributed by atoms with Crippen LogP contribution in [-0.2, 0) is 6.42 Å². The first-order chi connectivity index (χ1) is 9.22. The fraction of sp³-hybridized carbons (Fsp3) is 0.571. The Morgan fingerprint density at radius 3 is 2.89 bits per heavy atom. The third-order valence-electron chi connectivity index (χ3n) is 3.11. The average molecular weight is 278 g/mol. The molecule has 2 rings (SSSR count). The largest absolute Gasteiger partial charge is 0.310 e. The second-order valence-corrected chi connectivity index (χ2v) is 5.76. The Balaban J connectivity index is 2.13. The monoisotopic (exact) mass is 278 g/mol. The molecule has 0 aliphatic rings. The molecule has 104 valence electrons. The van der Waals surface area contributed by atoms with Crippen molar-refractivity contribution in [3.63, 3.8) is 0 Å². The first-order valence-corrected chi connectivity index (χ1v) is 7.80. The lowest BCUT2D eigenvalue weighted by Crippen LogP contribution is -2.25. The van der Waals surface area contributed by atoms with Gasteiger partial charge in [0.05, 0.1) is 0 Å². The summed E-state index contributed by atoms with van der Waals surface area (Å²) < 4.78 is 2.01. The number of aromatic nitrogens is 3. The molecule has 0 aliphatic heterocycles. The van der Waals surface area contributed by atoms with Crippen molar-refractivity contribution in [1.82, 2.24) is 20.1 Å². The van der Waals surface area contributed by atoms with Crippen LogP contribution < -0.4 is 5.32 Å². The Bertz CT molecular complexity index is 475. The number of hydrogen-bond acceptors (Lipinski definition) is 4. The van der Waals surface area contributed by atoms with Gasteiger partial charge in [0.1, 0.15) is 12.2 Å². The molecule has 0 amide bonds. The Morgan fingerprint density at radius 1 is 1.42 bits per heavy atom. The maximum Gasteiger partial charge on any atom is 0.138 e. The van der Waals surface area contributed by atoms with Crippen LogP contribution in [-0.4, -0.2) is 21.3 Å². The number of hydrogen-bond donors (Lipinski definition) is 1. The molecule has 0 aromatic carbocycles. The molecule has 5 heteroatoms. The lowest BCUT2D eigenvalue weighted by Gasteiger charge is -2.18. The molecule has 0 fully saturated rings. The highest BCUT2D eigenvalue weighted by molar-refractivity contribution is 7.07. The van der Waals surface area contributed by atoms with Crippen molar-refractivity contribution >= 4 is 11.3 Å². The van der Waals surface area contributed by atoms with Gasteiger partial charge in [-0.05, 0) is 49.2 Å².